The number of Topliss-reactive ketones (excluding diaryl/α,β-unsaturated/α-hetero) is 1. The monoisotopic (exact) mass is 388 g/mol. The molecular formula is C21H12N2O6. The van der Waals surface area contributed by atoms with E-state index in [4.69, 9.17) is 9.47 Å². The summed E-state index contributed by atoms with van der Waals surface area (Å²) in [5.74, 6) is -0.312. The van der Waals surface area contributed by atoms with Gasteiger partial charge in [-0.2, -0.15) is 0 Å². The van der Waals surface area contributed by atoms with Crippen LogP contribution in [-0.4, -0.2) is 21.7 Å². The number of nitrogens with zero attached hydrogens (tertiary/aromatic N) is 2. The molecule has 8 nitrogen and oxygen atoms in total. The SMILES string of the molecule is O=C(Oc1ccc2c(c1)O/C(=C\c1ccc([N+](=O)[O-])cc1)C2=O)c1ccncc1. The molecule has 1 aliphatic rings. The van der Waals surface area contributed by atoms with Crippen LogP contribution in [0.1, 0.15) is 26.3 Å². The van der Waals surface area contributed by atoms with Crippen LogP contribution < -0.4 is 9.47 Å². The van der Waals surface area contributed by atoms with Crippen LogP contribution in [0.4, 0.5) is 5.69 Å². The molecule has 0 spiro atoms. The van der Waals surface area contributed by atoms with Crippen LogP contribution in [0.15, 0.2) is 72.8 Å². The Labute approximate surface area is 164 Å². The summed E-state index contributed by atoms with van der Waals surface area (Å²) in [4.78, 5) is 38.7. The predicted molar refractivity (Wildman–Crippen MR) is 102 cm³/mol. The maximum atomic E-state index is 12.5. The van der Waals surface area contributed by atoms with Gasteiger partial charge in [-0.05, 0) is 48.0 Å². The summed E-state index contributed by atoms with van der Waals surface area (Å²) in [5, 5.41) is 10.7. The van der Waals surface area contributed by atoms with E-state index in [1.54, 1.807) is 0 Å². The first-order chi connectivity index (χ1) is 14.0. The molecule has 29 heavy (non-hydrogen) atoms. The van der Waals surface area contributed by atoms with E-state index in [-0.39, 0.29) is 28.7 Å². The van der Waals surface area contributed by atoms with Crippen LogP contribution in [-0.2, 0) is 0 Å². The van der Waals surface area contributed by atoms with E-state index >= 15 is 0 Å². The van der Waals surface area contributed by atoms with Crippen molar-refractivity contribution in [1.82, 2.24) is 4.98 Å². The molecule has 8 heteroatoms. The van der Waals surface area contributed by atoms with Gasteiger partial charge in [-0.3, -0.25) is 19.9 Å². The molecule has 0 fully saturated rings. The second-order valence-corrected chi connectivity index (χ2v) is 6.07. The number of rotatable bonds is 4. The molecule has 0 aliphatic carbocycles. The second-order valence-electron chi connectivity index (χ2n) is 6.07. The smallest absolute Gasteiger partial charge is 0.343 e. The molecule has 1 aromatic heterocycles. The maximum absolute atomic E-state index is 12.5. The standard InChI is InChI=1S/C21H12N2O6/c24-20-17-6-5-16(28-21(25)14-7-9-22-10-8-14)12-18(17)29-19(20)11-13-1-3-15(4-2-13)23(26)27/h1-12H/b19-11-. The molecule has 0 atom stereocenters. The summed E-state index contributed by atoms with van der Waals surface area (Å²) < 4.78 is 10.9. The van der Waals surface area contributed by atoms with E-state index in [0.717, 1.165) is 0 Å². The Morgan fingerprint density at radius 3 is 2.48 bits per heavy atom. The quantitative estimate of drug-likeness (QED) is 0.220. The molecule has 0 bridgehead atoms. The van der Waals surface area contributed by atoms with E-state index in [1.165, 1.54) is 73.1 Å². The van der Waals surface area contributed by atoms with Crippen molar-refractivity contribution in [1.29, 1.82) is 0 Å². The van der Waals surface area contributed by atoms with Crippen molar-refractivity contribution in [3.8, 4) is 11.5 Å². The zero-order chi connectivity index (χ0) is 20.4. The highest BCUT2D eigenvalue weighted by atomic mass is 16.6. The molecule has 2 heterocycles. The lowest BCUT2D eigenvalue weighted by atomic mass is 10.1. The van der Waals surface area contributed by atoms with E-state index < -0.39 is 10.9 Å². The minimum atomic E-state index is -0.557. The minimum absolute atomic E-state index is 0.0465. The summed E-state index contributed by atoms with van der Waals surface area (Å²) in [7, 11) is 0. The van der Waals surface area contributed by atoms with Crippen molar-refractivity contribution in [3.05, 3.63) is 99.6 Å². The van der Waals surface area contributed by atoms with Crippen molar-refractivity contribution in [2.45, 2.75) is 0 Å². The number of allylic oxidation sites excluding steroid dienone is 1. The van der Waals surface area contributed by atoms with E-state index in [1.807, 2.05) is 0 Å². The number of non-ortho nitro benzene ring substituents is 1. The molecule has 3 aromatic rings. The van der Waals surface area contributed by atoms with Crippen molar-refractivity contribution in [3.63, 3.8) is 0 Å². The average Bonchev–Trinajstić information content (AvgIpc) is 3.03. The van der Waals surface area contributed by atoms with Gasteiger partial charge in [0.05, 0.1) is 16.1 Å². The van der Waals surface area contributed by atoms with Crippen LogP contribution in [0.5, 0.6) is 11.5 Å². The number of nitro benzene ring substituents is 1. The molecule has 4 rings (SSSR count). The zero-order valence-corrected chi connectivity index (χ0v) is 14.8. The summed E-state index contributed by atoms with van der Waals surface area (Å²) in [6.45, 7) is 0. The molecule has 0 unspecified atom stereocenters. The highest BCUT2D eigenvalue weighted by molar-refractivity contribution is 6.14. The van der Waals surface area contributed by atoms with Gasteiger partial charge in [-0.15, -0.1) is 0 Å². The Morgan fingerprint density at radius 1 is 1.07 bits per heavy atom. The first-order valence-corrected chi connectivity index (χ1v) is 8.46. The summed E-state index contributed by atoms with van der Waals surface area (Å²) in [6.07, 6.45) is 4.46. The van der Waals surface area contributed by atoms with E-state index in [2.05, 4.69) is 4.98 Å². The van der Waals surface area contributed by atoms with Crippen LogP contribution >= 0.6 is 0 Å². The van der Waals surface area contributed by atoms with Gasteiger partial charge < -0.3 is 9.47 Å². The summed E-state index contributed by atoms with van der Waals surface area (Å²) in [6, 6.07) is 13.3. The number of esters is 1. The Kier molecular flexibility index (Phi) is 4.58. The highest BCUT2D eigenvalue weighted by Crippen LogP contribution is 2.35. The Bertz CT molecular complexity index is 1150. The third-order valence-electron chi connectivity index (χ3n) is 4.17. The lowest BCUT2D eigenvalue weighted by Crippen LogP contribution is -2.08. The van der Waals surface area contributed by atoms with E-state index in [9.17, 15) is 19.7 Å². The molecule has 0 saturated carbocycles. The molecule has 0 radical (unpaired) electrons. The first kappa shape index (κ1) is 18.1. The largest absolute Gasteiger partial charge is 0.452 e. The average molecular weight is 388 g/mol. The number of carbonyl (C=O) groups is 2. The highest BCUT2D eigenvalue weighted by Gasteiger charge is 2.28. The van der Waals surface area contributed by atoms with Crippen molar-refractivity contribution < 1.29 is 24.0 Å². The van der Waals surface area contributed by atoms with Crippen LogP contribution in [0.2, 0.25) is 0 Å². The fourth-order valence-electron chi connectivity index (χ4n) is 2.73. The van der Waals surface area contributed by atoms with Crippen molar-refractivity contribution >= 4 is 23.5 Å². The van der Waals surface area contributed by atoms with Crippen LogP contribution in [0.25, 0.3) is 6.08 Å². The molecule has 0 saturated heterocycles. The van der Waals surface area contributed by atoms with Crippen molar-refractivity contribution in [2.75, 3.05) is 0 Å². The minimum Gasteiger partial charge on any atom is -0.452 e. The zero-order valence-electron chi connectivity index (χ0n) is 14.8. The number of fused-ring (bicyclic) bond motifs is 1. The number of hydrogen-bond donors (Lipinski definition) is 0. The molecule has 1 aliphatic heterocycles. The molecule has 142 valence electrons. The topological polar surface area (TPSA) is 109 Å². The van der Waals surface area contributed by atoms with Gasteiger partial charge in [0.2, 0.25) is 5.78 Å². The van der Waals surface area contributed by atoms with Gasteiger partial charge >= 0.3 is 5.97 Å². The maximum Gasteiger partial charge on any atom is 0.343 e. The summed E-state index contributed by atoms with van der Waals surface area (Å²) >= 11 is 0. The molecule has 2 aromatic carbocycles. The van der Waals surface area contributed by atoms with Gasteiger partial charge in [0.1, 0.15) is 11.5 Å². The third-order valence-corrected chi connectivity index (χ3v) is 4.17. The predicted octanol–water partition coefficient (Wildman–Crippen LogP) is 3.83. The first-order valence-electron chi connectivity index (χ1n) is 8.46. The van der Waals surface area contributed by atoms with Gasteiger partial charge in [0.25, 0.3) is 5.69 Å². The van der Waals surface area contributed by atoms with Gasteiger partial charge in [0.15, 0.2) is 5.76 Å². The van der Waals surface area contributed by atoms with Gasteiger partial charge in [-0.25, -0.2) is 4.79 Å². The Hall–Kier alpha value is -4.33. The Morgan fingerprint density at radius 2 is 1.79 bits per heavy atom. The van der Waals surface area contributed by atoms with Crippen LogP contribution in [0.3, 0.4) is 0 Å². The number of pyridine rings is 1. The number of carbonyl (C=O) groups excluding carboxylic acids is 2. The van der Waals surface area contributed by atoms with Gasteiger partial charge in [-0.1, -0.05) is 0 Å². The number of hydrogen-bond acceptors (Lipinski definition) is 7. The number of aromatic nitrogens is 1. The molecule has 0 N–H and O–H groups in total. The van der Waals surface area contributed by atoms with Crippen LogP contribution in [0, 0.1) is 10.1 Å². The number of nitro groups is 1. The fourth-order valence-corrected chi connectivity index (χ4v) is 2.73. The lowest BCUT2D eigenvalue weighted by molar-refractivity contribution is -0.384. The van der Waals surface area contributed by atoms with Gasteiger partial charge in [0, 0.05) is 30.6 Å². The normalized spacial score (nSPS) is 13.7. The second kappa shape index (κ2) is 7.35. The Balaban J connectivity index is 1.54. The van der Waals surface area contributed by atoms with Crippen molar-refractivity contribution in [2.24, 2.45) is 0 Å². The molecule has 0 amide bonds. The number of benzene rings is 2. The molecular weight excluding hydrogens is 376 g/mol. The third kappa shape index (κ3) is 3.72. The number of ketones is 1. The fraction of sp³-hybridized carbons (Fsp3) is 0. The number of ether oxygens (including phenoxy) is 2. The summed E-state index contributed by atoms with van der Waals surface area (Å²) in [5.41, 5.74) is 1.21. The lowest BCUT2D eigenvalue weighted by Gasteiger charge is -2.05. The van der Waals surface area contributed by atoms with E-state index in [0.29, 0.717) is 16.7 Å².